The molecule has 6 nitrogen and oxygen atoms in total. The number of hydrogen-bond donors (Lipinski definition) is 2. The zero-order chi connectivity index (χ0) is 23.2. The molecule has 33 heavy (non-hydrogen) atoms. The van der Waals surface area contributed by atoms with E-state index in [1.807, 2.05) is 19.1 Å². The Balaban J connectivity index is 1.48. The van der Waals surface area contributed by atoms with Gasteiger partial charge < -0.3 is 10.0 Å². The molecule has 0 radical (unpaired) electrons. The van der Waals surface area contributed by atoms with E-state index in [2.05, 4.69) is 32.3 Å². The number of carbonyl (C=O) groups is 1. The Morgan fingerprint density at radius 2 is 2.12 bits per heavy atom. The number of nitrogens with zero attached hydrogens (tertiary/aromatic N) is 3. The number of benzene rings is 2. The van der Waals surface area contributed by atoms with Gasteiger partial charge in [-0.15, -0.1) is 0 Å². The molecule has 1 saturated heterocycles. The number of hydrogen-bond acceptors (Lipinski definition) is 6. The van der Waals surface area contributed by atoms with E-state index in [0.717, 1.165) is 42.4 Å². The topological polar surface area (TPSA) is 77.8 Å². The Kier molecular flexibility index (Phi) is 7.34. The van der Waals surface area contributed by atoms with Crippen molar-refractivity contribution in [3.8, 4) is 16.2 Å². The predicted molar refractivity (Wildman–Crippen MR) is 132 cm³/mol. The molecule has 172 valence electrons. The molecule has 3 aromatic rings. The third kappa shape index (κ3) is 5.57. The molecule has 1 aliphatic heterocycles. The van der Waals surface area contributed by atoms with Gasteiger partial charge in [0.25, 0.3) is 5.91 Å². The number of phenolic OH excluding ortho intramolecular Hbond substituents is 1. The zero-order valence-corrected chi connectivity index (χ0v) is 19.4. The lowest BCUT2D eigenvalue weighted by Crippen LogP contribution is -2.17. The maximum Gasteiger partial charge on any atom is 0.257 e. The molecule has 0 aliphatic carbocycles. The van der Waals surface area contributed by atoms with Gasteiger partial charge in [0.2, 0.25) is 0 Å². The highest BCUT2D eigenvalue weighted by atomic mass is 32.1. The first-order chi connectivity index (χ1) is 16.0. The highest BCUT2D eigenvalue weighted by molar-refractivity contribution is 7.19. The van der Waals surface area contributed by atoms with E-state index in [4.69, 9.17) is 0 Å². The maximum absolute atomic E-state index is 14.2. The van der Waals surface area contributed by atoms with Crippen LogP contribution < -0.4 is 10.2 Å². The summed E-state index contributed by atoms with van der Waals surface area (Å²) in [6.07, 6.45) is 7.44. The maximum atomic E-state index is 14.2. The van der Waals surface area contributed by atoms with Gasteiger partial charge in [0.05, 0.1) is 4.88 Å². The van der Waals surface area contributed by atoms with Gasteiger partial charge >= 0.3 is 0 Å². The van der Waals surface area contributed by atoms with Crippen molar-refractivity contribution in [3.05, 3.63) is 59.5 Å². The SMILES string of the molecule is CCCCN=Cc1cc(C(=O)Nc2ncc(-c3cccc(N4CCCC4)c3)s2)cc(F)c1O. The number of aromatic hydroxyl groups is 1. The summed E-state index contributed by atoms with van der Waals surface area (Å²) >= 11 is 1.36. The highest BCUT2D eigenvalue weighted by Gasteiger charge is 2.16. The molecule has 2 aromatic carbocycles. The molecule has 1 fully saturated rings. The fraction of sp³-hybridized carbons (Fsp3) is 0.320. The van der Waals surface area contributed by atoms with E-state index in [-0.39, 0.29) is 11.1 Å². The zero-order valence-electron chi connectivity index (χ0n) is 18.6. The largest absolute Gasteiger partial charge is 0.504 e. The van der Waals surface area contributed by atoms with E-state index in [0.29, 0.717) is 11.7 Å². The van der Waals surface area contributed by atoms with Gasteiger partial charge in [-0.1, -0.05) is 36.8 Å². The van der Waals surface area contributed by atoms with Gasteiger partial charge in [-0.2, -0.15) is 0 Å². The van der Waals surface area contributed by atoms with E-state index < -0.39 is 17.5 Å². The Labute approximate surface area is 196 Å². The minimum absolute atomic E-state index is 0.0926. The Bertz CT molecular complexity index is 1160. The Hall–Kier alpha value is -3.26. The monoisotopic (exact) mass is 466 g/mol. The Morgan fingerprint density at radius 3 is 2.91 bits per heavy atom. The first-order valence-electron chi connectivity index (χ1n) is 11.2. The molecule has 0 unspecified atom stereocenters. The summed E-state index contributed by atoms with van der Waals surface area (Å²) in [5.74, 6) is -1.87. The van der Waals surface area contributed by atoms with Crippen LogP contribution in [0, 0.1) is 5.82 Å². The van der Waals surface area contributed by atoms with Crippen molar-refractivity contribution in [3.63, 3.8) is 0 Å². The van der Waals surface area contributed by atoms with Crippen LogP contribution >= 0.6 is 11.3 Å². The summed E-state index contributed by atoms with van der Waals surface area (Å²) in [5.41, 5.74) is 2.50. The smallest absolute Gasteiger partial charge is 0.257 e. The van der Waals surface area contributed by atoms with Crippen molar-refractivity contribution in [2.75, 3.05) is 29.9 Å². The van der Waals surface area contributed by atoms with Crippen molar-refractivity contribution in [2.45, 2.75) is 32.6 Å². The second kappa shape index (κ2) is 10.6. The second-order valence-corrected chi connectivity index (χ2v) is 9.04. The van der Waals surface area contributed by atoms with Crippen LogP contribution in [0.3, 0.4) is 0 Å². The van der Waals surface area contributed by atoms with Crippen LogP contribution in [0.5, 0.6) is 5.75 Å². The van der Waals surface area contributed by atoms with Crippen LogP contribution in [-0.2, 0) is 0 Å². The van der Waals surface area contributed by atoms with Crippen LogP contribution in [0.15, 0.2) is 47.6 Å². The molecule has 2 N–H and O–H groups in total. The van der Waals surface area contributed by atoms with E-state index in [9.17, 15) is 14.3 Å². The number of halogens is 1. The van der Waals surface area contributed by atoms with Gasteiger partial charge in [0.1, 0.15) is 0 Å². The molecule has 1 aromatic heterocycles. The normalized spacial score (nSPS) is 13.7. The molecular formula is C25H27FN4O2S. The number of thiazole rings is 1. The van der Waals surface area contributed by atoms with E-state index in [1.54, 1.807) is 6.20 Å². The van der Waals surface area contributed by atoms with Crippen molar-refractivity contribution >= 4 is 34.3 Å². The lowest BCUT2D eigenvalue weighted by Gasteiger charge is -2.18. The van der Waals surface area contributed by atoms with Crippen molar-refractivity contribution in [1.82, 2.24) is 4.98 Å². The number of carbonyl (C=O) groups excluding carboxylic acids is 1. The fourth-order valence-corrected chi connectivity index (χ4v) is 4.54. The molecule has 8 heteroatoms. The molecule has 2 heterocycles. The number of nitrogens with one attached hydrogen (secondary N) is 1. The summed E-state index contributed by atoms with van der Waals surface area (Å²) in [7, 11) is 0. The van der Waals surface area contributed by atoms with E-state index >= 15 is 0 Å². The van der Waals surface area contributed by atoms with Crippen LogP contribution in [0.25, 0.3) is 10.4 Å². The van der Waals surface area contributed by atoms with Crippen molar-refractivity contribution < 1.29 is 14.3 Å². The molecule has 4 rings (SSSR count). The van der Waals surface area contributed by atoms with Gasteiger partial charge in [-0.3, -0.25) is 15.1 Å². The number of amides is 1. The molecule has 1 amide bonds. The minimum atomic E-state index is -0.863. The number of aliphatic imine (C=N–C) groups is 1. The third-order valence-corrected chi connectivity index (χ3v) is 6.52. The minimum Gasteiger partial charge on any atom is -0.504 e. The number of rotatable bonds is 8. The number of aromatic nitrogens is 1. The fourth-order valence-electron chi connectivity index (χ4n) is 3.73. The van der Waals surface area contributed by atoms with Gasteiger partial charge in [0, 0.05) is 48.9 Å². The molecule has 0 atom stereocenters. The first-order valence-corrected chi connectivity index (χ1v) is 12.0. The molecule has 1 aliphatic rings. The first kappa shape index (κ1) is 22.9. The summed E-state index contributed by atoms with van der Waals surface area (Å²) in [6, 6.07) is 10.8. The lowest BCUT2D eigenvalue weighted by molar-refractivity contribution is 0.102. The summed E-state index contributed by atoms with van der Waals surface area (Å²) in [4.78, 5) is 24.6. The highest BCUT2D eigenvalue weighted by Crippen LogP contribution is 2.32. The number of anilines is 2. The number of phenols is 1. The predicted octanol–water partition coefficient (Wildman–Crippen LogP) is 5.73. The van der Waals surface area contributed by atoms with E-state index in [1.165, 1.54) is 42.1 Å². The van der Waals surface area contributed by atoms with Gasteiger partial charge in [-0.05, 0) is 49.1 Å². The Morgan fingerprint density at radius 1 is 1.30 bits per heavy atom. The summed E-state index contributed by atoms with van der Waals surface area (Å²) < 4.78 is 14.2. The van der Waals surface area contributed by atoms with Crippen molar-refractivity contribution in [1.29, 1.82) is 0 Å². The van der Waals surface area contributed by atoms with Crippen LogP contribution in [0.2, 0.25) is 0 Å². The number of unbranched alkanes of at least 4 members (excludes halogenated alkanes) is 1. The molecule has 0 bridgehead atoms. The average Bonchev–Trinajstić information content (AvgIpc) is 3.52. The van der Waals surface area contributed by atoms with Crippen molar-refractivity contribution in [2.24, 2.45) is 4.99 Å². The van der Waals surface area contributed by atoms with Crippen LogP contribution in [-0.4, -0.2) is 41.8 Å². The molecule has 0 saturated carbocycles. The van der Waals surface area contributed by atoms with Gasteiger partial charge in [-0.25, -0.2) is 9.37 Å². The second-order valence-electron chi connectivity index (χ2n) is 8.01. The third-order valence-electron chi connectivity index (χ3n) is 5.55. The molecular weight excluding hydrogens is 439 g/mol. The van der Waals surface area contributed by atoms with Gasteiger partial charge in [0.15, 0.2) is 16.7 Å². The lowest BCUT2D eigenvalue weighted by atomic mass is 10.1. The average molecular weight is 467 g/mol. The quantitative estimate of drug-likeness (QED) is 0.328. The summed E-state index contributed by atoms with van der Waals surface area (Å²) in [6.45, 7) is 4.77. The molecule has 0 spiro atoms. The standard InChI is InChI=1S/C25H27FN4O2S/c1-2-3-9-27-15-19-12-18(14-21(26)23(19)31)24(32)29-25-28-16-22(33-25)17-7-6-8-20(13-17)30-10-4-5-11-30/h6-8,12-16,31H,2-5,9-11H2,1H3,(H,28,29,32). The summed E-state index contributed by atoms with van der Waals surface area (Å²) in [5, 5.41) is 13.1. The van der Waals surface area contributed by atoms with Crippen LogP contribution in [0.4, 0.5) is 15.2 Å². The van der Waals surface area contributed by atoms with Crippen LogP contribution in [0.1, 0.15) is 48.5 Å².